The third-order valence-electron chi connectivity index (χ3n) is 2.78. The smallest absolute Gasteiger partial charge is 0.341 e. The van der Waals surface area contributed by atoms with Gasteiger partial charge in [-0.25, -0.2) is 4.79 Å². The molecule has 0 atom stereocenters. The molecule has 0 aliphatic carbocycles. The zero-order valence-electron chi connectivity index (χ0n) is 11.8. The number of benzene rings is 2. The fraction of sp³-hybridized carbons (Fsp3) is 0.125. The lowest BCUT2D eigenvalue weighted by Gasteiger charge is -2.10. The van der Waals surface area contributed by atoms with Crippen molar-refractivity contribution in [1.29, 1.82) is 0 Å². The number of para-hydroxylation sites is 1. The fourth-order valence-corrected chi connectivity index (χ4v) is 2.10. The first-order chi connectivity index (χ1) is 10.6. The number of amides is 1. The molecule has 2 aromatic carbocycles. The maximum absolute atomic E-state index is 11.9. The summed E-state index contributed by atoms with van der Waals surface area (Å²) in [4.78, 5) is 23.5. The van der Waals surface area contributed by atoms with E-state index < -0.39 is 5.97 Å². The van der Waals surface area contributed by atoms with Crippen LogP contribution >= 0.6 is 22.6 Å². The van der Waals surface area contributed by atoms with E-state index in [0.29, 0.717) is 11.4 Å². The summed E-state index contributed by atoms with van der Waals surface area (Å²) in [6.07, 6.45) is 0. The summed E-state index contributed by atoms with van der Waals surface area (Å²) < 4.78 is 11.2. The van der Waals surface area contributed by atoms with Gasteiger partial charge in [0.15, 0.2) is 6.61 Å². The molecule has 1 amide bonds. The van der Waals surface area contributed by atoms with Crippen LogP contribution in [0.1, 0.15) is 10.4 Å². The molecule has 2 rings (SSSR count). The van der Waals surface area contributed by atoms with Crippen LogP contribution in [0.5, 0.6) is 5.75 Å². The van der Waals surface area contributed by atoms with Gasteiger partial charge >= 0.3 is 5.97 Å². The molecule has 0 fully saturated rings. The van der Waals surface area contributed by atoms with Crippen molar-refractivity contribution >= 4 is 40.2 Å². The van der Waals surface area contributed by atoms with Crippen molar-refractivity contribution in [3.8, 4) is 5.75 Å². The monoisotopic (exact) mass is 411 g/mol. The van der Waals surface area contributed by atoms with Crippen LogP contribution in [-0.2, 0) is 9.53 Å². The lowest BCUT2D eigenvalue weighted by Crippen LogP contribution is -2.21. The number of ether oxygens (including phenoxy) is 2. The molecule has 0 radical (unpaired) electrons. The highest BCUT2D eigenvalue weighted by atomic mass is 127. The molecule has 0 bridgehead atoms. The topological polar surface area (TPSA) is 64.6 Å². The molecule has 0 saturated heterocycles. The van der Waals surface area contributed by atoms with Gasteiger partial charge in [0.2, 0.25) is 0 Å². The van der Waals surface area contributed by atoms with Gasteiger partial charge in [-0.3, -0.25) is 4.79 Å². The van der Waals surface area contributed by atoms with Crippen molar-refractivity contribution in [2.45, 2.75) is 0 Å². The fourth-order valence-electron chi connectivity index (χ4n) is 1.74. The van der Waals surface area contributed by atoms with Crippen LogP contribution in [0.15, 0.2) is 48.5 Å². The third kappa shape index (κ3) is 4.45. The van der Waals surface area contributed by atoms with E-state index in [0.717, 1.165) is 3.57 Å². The molecule has 2 aromatic rings. The van der Waals surface area contributed by atoms with E-state index in [-0.39, 0.29) is 18.1 Å². The van der Waals surface area contributed by atoms with Crippen molar-refractivity contribution < 1.29 is 19.1 Å². The second-order valence-electron chi connectivity index (χ2n) is 4.33. The number of hydrogen-bond acceptors (Lipinski definition) is 4. The van der Waals surface area contributed by atoms with E-state index in [1.807, 2.05) is 24.3 Å². The minimum atomic E-state index is -0.506. The van der Waals surface area contributed by atoms with Gasteiger partial charge in [-0.15, -0.1) is 0 Å². The van der Waals surface area contributed by atoms with Crippen molar-refractivity contribution in [2.75, 3.05) is 19.0 Å². The van der Waals surface area contributed by atoms with Gasteiger partial charge in [0.05, 0.1) is 7.11 Å². The second kappa shape index (κ2) is 7.79. The van der Waals surface area contributed by atoms with Crippen molar-refractivity contribution in [3.63, 3.8) is 0 Å². The highest BCUT2D eigenvalue weighted by Crippen LogP contribution is 2.19. The number of carbonyl (C=O) groups excluding carboxylic acids is 2. The summed E-state index contributed by atoms with van der Waals surface area (Å²) in [5, 5.41) is 2.72. The van der Waals surface area contributed by atoms with Gasteiger partial charge in [-0.1, -0.05) is 12.1 Å². The van der Waals surface area contributed by atoms with E-state index >= 15 is 0 Å². The quantitative estimate of drug-likeness (QED) is 0.607. The number of methoxy groups -OCH3 is 1. The molecule has 114 valence electrons. The van der Waals surface area contributed by atoms with Crippen LogP contribution in [0.25, 0.3) is 0 Å². The Morgan fingerprint density at radius 1 is 1.09 bits per heavy atom. The molecule has 0 heterocycles. The van der Waals surface area contributed by atoms with Crippen LogP contribution in [0.4, 0.5) is 5.69 Å². The first-order valence-electron chi connectivity index (χ1n) is 6.45. The molecule has 22 heavy (non-hydrogen) atoms. The summed E-state index contributed by atoms with van der Waals surface area (Å²) in [6, 6.07) is 14.0. The predicted octanol–water partition coefficient (Wildman–Crippen LogP) is 3.10. The molecular weight excluding hydrogens is 397 g/mol. The van der Waals surface area contributed by atoms with Crippen molar-refractivity contribution in [1.82, 2.24) is 0 Å². The minimum absolute atomic E-state index is 0.194. The molecule has 0 aliphatic heterocycles. The Morgan fingerprint density at radius 3 is 2.45 bits per heavy atom. The number of carbonyl (C=O) groups is 2. The number of rotatable bonds is 5. The molecule has 6 heteroatoms. The Morgan fingerprint density at radius 2 is 1.77 bits per heavy atom. The molecule has 1 N–H and O–H groups in total. The Labute approximate surface area is 141 Å². The van der Waals surface area contributed by atoms with Gasteiger partial charge in [0.25, 0.3) is 5.91 Å². The highest BCUT2D eigenvalue weighted by Gasteiger charge is 2.13. The number of esters is 1. The highest BCUT2D eigenvalue weighted by molar-refractivity contribution is 14.1. The van der Waals surface area contributed by atoms with Crippen molar-refractivity contribution in [2.24, 2.45) is 0 Å². The number of anilines is 1. The molecule has 0 unspecified atom stereocenters. The number of hydrogen-bond donors (Lipinski definition) is 1. The zero-order valence-corrected chi connectivity index (χ0v) is 14.0. The van der Waals surface area contributed by atoms with E-state index in [4.69, 9.17) is 4.74 Å². The minimum Gasteiger partial charge on any atom is -0.483 e. The third-order valence-corrected chi connectivity index (χ3v) is 3.50. The van der Waals surface area contributed by atoms with Gasteiger partial charge in [-0.2, -0.15) is 0 Å². The van der Waals surface area contributed by atoms with E-state index in [1.165, 1.54) is 7.11 Å². The summed E-state index contributed by atoms with van der Waals surface area (Å²) in [6.45, 7) is -0.194. The molecule has 0 aliphatic rings. The van der Waals surface area contributed by atoms with Crippen LogP contribution in [0.2, 0.25) is 0 Å². The van der Waals surface area contributed by atoms with E-state index in [2.05, 4.69) is 32.6 Å². The Kier molecular flexibility index (Phi) is 5.76. The van der Waals surface area contributed by atoms with Gasteiger partial charge in [0.1, 0.15) is 11.3 Å². The maximum atomic E-state index is 11.9. The van der Waals surface area contributed by atoms with Crippen LogP contribution in [0, 0.1) is 3.57 Å². The van der Waals surface area contributed by atoms with Crippen LogP contribution in [-0.4, -0.2) is 25.6 Å². The van der Waals surface area contributed by atoms with Gasteiger partial charge in [0, 0.05) is 9.26 Å². The Hall–Kier alpha value is -2.09. The predicted molar refractivity (Wildman–Crippen MR) is 91.1 cm³/mol. The molecule has 0 spiro atoms. The summed E-state index contributed by atoms with van der Waals surface area (Å²) in [5.74, 6) is -0.498. The SMILES string of the molecule is COC(=O)c1ccccc1OCC(=O)Nc1ccc(I)cc1. The first kappa shape index (κ1) is 16.3. The van der Waals surface area contributed by atoms with Crippen LogP contribution < -0.4 is 10.1 Å². The molecule has 0 aromatic heterocycles. The summed E-state index contributed by atoms with van der Waals surface area (Å²) in [5.41, 5.74) is 0.974. The molecular formula is C16H14INO4. The lowest BCUT2D eigenvalue weighted by atomic mass is 10.2. The van der Waals surface area contributed by atoms with E-state index in [9.17, 15) is 9.59 Å². The lowest BCUT2D eigenvalue weighted by molar-refractivity contribution is -0.118. The first-order valence-corrected chi connectivity index (χ1v) is 7.53. The largest absolute Gasteiger partial charge is 0.483 e. The normalized spacial score (nSPS) is 9.91. The second-order valence-corrected chi connectivity index (χ2v) is 5.58. The summed E-state index contributed by atoms with van der Waals surface area (Å²) >= 11 is 2.19. The van der Waals surface area contributed by atoms with Crippen LogP contribution in [0.3, 0.4) is 0 Å². The van der Waals surface area contributed by atoms with Gasteiger partial charge in [-0.05, 0) is 59.0 Å². The molecule has 0 saturated carbocycles. The standard InChI is InChI=1S/C16H14INO4/c1-21-16(20)13-4-2-3-5-14(13)22-10-15(19)18-12-8-6-11(17)7-9-12/h2-9H,10H2,1H3,(H,18,19). The zero-order chi connectivity index (χ0) is 15.9. The van der Waals surface area contributed by atoms with Crippen molar-refractivity contribution in [3.05, 3.63) is 57.7 Å². The average Bonchev–Trinajstić information content (AvgIpc) is 2.54. The van der Waals surface area contributed by atoms with Gasteiger partial charge < -0.3 is 14.8 Å². The molecule has 5 nitrogen and oxygen atoms in total. The number of halogens is 1. The number of nitrogens with one attached hydrogen (secondary N) is 1. The van der Waals surface area contributed by atoms with E-state index in [1.54, 1.807) is 24.3 Å². The summed E-state index contributed by atoms with van der Waals surface area (Å²) in [7, 11) is 1.29. The Balaban J connectivity index is 1.96. The Bertz CT molecular complexity index is 670. The maximum Gasteiger partial charge on any atom is 0.341 e. The average molecular weight is 411 g/mol.